The van der Waals surface area contributed by atoms with Crippen LogP contribution in [0, 0.1) is 0 Å². The molecule has 0 radical (unpaired) electrons. The molecule has 0 atom stereocenters. The molecule has 3 heteroatoms. The number of benzene rings is 2. The fourth-order valence-electron chi connectivity index (χ4n) is 2.31. The summed E-state index contributed by atoms with van der Waals surface area (Å²) in [5, 5.41) is 4.06. The summed E-state index contributed by atoms with van der Waals surface area (Å²) in [4.78, 5) is 2.06. The lowest BCUT2D eigenvalue weighted by Crippen LogP contribution is -2.30. The number of rotatable bonds is 5. The van der Waals surface area contributed by atoms with E-state index in [1.807, 2.05) is 7.05 Å². The molecule has 0 spiro atoms. The van der Waals surface area contributed by atoms with E-state index in [1.54, 1.807) is 0 Å². The second-order valence-corrected chi connectivity index (χ2v) is 5.90. The van der Waals surface area contributed by atoms with Gasteiger partial charge in [0.05, 0.1) is 0 Å². The number of nitrogens with one attached hydrogen (secondary N) is 1. The highest BCUT2D eigenvalue weighted by Crippen LogP contribution is 2.13. The van der Waals surface area contributed by atoms with Crippen molar-refractivity contribution in [2.45, 2.75) is 33.2 Å². The third kappa shape index (κ3) is 4.57. The monoisotopic (exact) mass is 312 g/mol. The standard InChI is InChI=1S/C19H24N2S/c1-4-15-9-11-17(12-10-15)14-21(3)19(22)20-18-8-6-7-16(5-2)13-18/h6-13H,4-5,14H2,1-3H3,(H,20,22). The van der Waals surface area contributed by atoms with Gasteiger partial charge in [-0.15, -0.1) is 0 Å². The Bertz CT molecular complexity index is 620. The molecule has 22 heavy (non-hydrogen) atoms. The van der Waals surface area contributed by atoms with Gasteiger partial charge in [-0.1, -0.05) is 50.2 Å². The van der Waals surface area contributed by atoms with Crippen molar-refractivity contribution in [3.05, 3.63) is 65.2 Å². The molecule has 0 aliphatic rings. The zero-order chi connectivity index (χ0) is 15.9. The van der Waals surface area contributed by atoms with E-state index in [9.17, 15) is 0 Å². The predicted molar refractivity (Wildman–Crippen MR) is 99.3 cm³/mol. The normalized spacial score (nSPS) is 10.3. The van der Waals surface area contributed by atoms with Crippen LogP contribution >= 0.6 is 12.2 Å². The Morgan fingerprint density at radius 2 is 1.59 bits per heavy atom. The average molecular weight is 312 g/mol. The van der Waals surface area contributed by atoms with Gasteiger partial charge < -0.3 is 10.2 Å². The third-order valence-electron chi connectivity index (χ3n) is 3.78. The van der Waals surface area contributed by atoms with Crippen molar-refractivity contribution in [3.8, 4) is 0 Å². The van der Waals surface area contributed by atoms with E-state index in [4.69, 9.17) is 12.2 Å². The van der Waals surface area contributed by atoms with Gasteiger partial charge in [0.25, 0.3) is 0 Å². The molecule has 0 fully saturated rings. The number of hydrogen-bond acceptors (Lipinski definition) is 1. The maximum Gasteiger partial charge on any atom is 0.173 e. The van der Waals surface area contributed by atoms with Gasteiger partial charge in [0.1, 0.15) is 0 Å². The molecule has 0 saturated heterocycles. The molecular formula is C19H24N2S. The quantitative estimate of drug-likeness (QED) is 0.810. The van der Waals surface area contributed by atoms with Crippen LogP contribution in [0.4, 0.5) is 5.69 Å². The Kier molecular flexibility index (Phi) is 5.96. The summed E-state index contributed by atoms with van der Waals surface area (Å²) in [5.41, 5.74) is 5.00. The van der Waals surface area contributed by atoms with Gasteiger partial charge in [-0.3, -0.25) is 0 Å². The van der Waals surface area contributed by atoms with E-state index in [-0.39, 0.29) is 0 Å². The Morgan fingerprint density at radius 1 is 0.955 bits per heavy atom. The van der Waals surface area contributed by atoms with Crippen molar-refractivity contribution in [3.63, 3.8) is 0 Å². The fraction of sp³-hybridized carbons (Fsp3) is 0.316. The number of thiocarbonyl (C=S) groups is 1. The molecule has 0 amide bonds. The minimum absolute atomic E-state index is 0.743. The van der Waals surface area contributed by atoms with Crippen molar-refractivity contribution in [1.82, 2.24) is 4.90 Å². The van der Waals surface area contributed by atoms with Gasteiger partial charge >= 0.3 is 0 Å². The van der Waals surface area contributed by atoms with Gasteiger partial charge in [-0.2, -0.15) is 0 Å². The highest BCUT2D eigenvalue weighted by molar-refractivity contribution is 7.80. The molecule has 2 aromatic carbocycles. The first-order valence-corrected chi connectivity index (χ1v) is 8.22. The molecule has 0 heterocycles. The molecule has 0 bridgehead atoms. The van der Waals surface area contributed by atoms with Crippen LogP contribution in [0.5, 0.6) is 0 Å². The van der Waals surface area contributed by atoms with Gasteiger partial charge in [0, 0.05) is 19.3 Å². The smallest absolute Gasteiger partial charge is 0.173 e. The first-order valence-electron chi connectivity index (χ1n) is 7.81. The van der Waals surface area contributed by atoms with Gasteiger partial charge in [0.2, 0.25) is 0 Å². The van der Waals surface area contributed by atoms with Crippen LogP contribution in [-0.4, -0.2) is 17.1 Å². The third-order valence-corrected chi connectivity index (χ3v) is 4.20. The topological polar surface area (TPSA) is 15.3 Å². The molecule has 1 N–H and O–H groups in total. The van der Waals surface area contributed by atoms with E-state index in [0.717, 1.165) is 30.2 Å². The van der Waals surface area contributed by atoms with E-state index in [0.29, 0.717) is 0 Å². The SMILES string of the molecule is CCc1ccc(CN(C)C(=S)Nc2cccc(CC)c2)cc1. The average Bonchev–Trinajstić information content (AvgIpc) is 2.55. The van der Waals surface area contributed by atoms with Crippen molar-refractivity contribution < 1.29 is 0 Å². The summed E-state index contributed by atoms with van der Waals surface area (Å²) in [6.07, 6.45) is 2.10. The molecule has 0 unspecified atom stereocenters. The number of nitrogens with zero attached hydrogens (tertiary/aromatic N) is 1. The second kappa shape index (κ2) is 7.95. The molecular weight excluding hydrogens is 288 g/mol. The predicted octanol–water partition coefficient (Wildman–Crippen LogP) is 4.64. The zero-order valence-corrected chi connectivity index (χ0v) is 14.4. The second-order valence-electron chi connectivity index (χ2n) is 5.51. The highest BCUT2D eigenvalue weighted by Gasteiger charge is 2.06. The van der Waals surface area contributed by atoms with Crippen LogP contribution in [0.1, 0.15) is 30.5 Å². The first-order chi connectivity index (χ1) is 10.6. The highest BCUT2D eigenvalue weighted by atomic mass is 32.1. The lowest BCUT2D eigenvalue weighted by atomic mass is 10.1. The Morgan fingerprint density at radius 3 is 2.23 bits per heavy atom. The summed E-state index contributed by atoms with van der Waals surface area (Å²) < 4.78 is 0. The molecule has 0 aliphatic carbocycles. The molecule has 0 aliphatic heterocycles. The van der Waals surface area contributed by atoms with Crippen LogP contribution in [0.25, 0.3) is 0 Å². The molecule has 0 saturated carbocycles. The maximum atomic E-state index is 5.50. The summed E-state index contributed by atoms with van der Waals surface area (Å²) in [5.74, 6) is 0. The van der Waals surface area contributed by atoms with Crippen molar-refractivity contribution >= 4 is 23.0 Å². The van der Waals surface area contributed by atoms with E-state index in [1.165, 1.54) is 16.7 Å². The number of anilines is 1. The lowest BCUT2D eigenvalue weighted by molar-refractivity contribution is 0.508. The minimum Gasteiger partial charge on any atom is -0.348 e. The van der Waals surface area contributed by atoms with Crippen molar-refractivity contribution in [1.29, 1.82) is 0 Å². The summed E-state index contributed by atoms with van der Waals surface area (Å²) in [6, 6.07) is 17.1. The molecule has 0 aromatic heterocycles. The van der Waals surface area contributed by atoms with E-state index in [2.05, 4.69) is 72.6 Å². The number of hydrogen-bond donors (Lipinski definition) is 1. The zero-order valence-electron chi connectivity index (χ0n) is 13.6. The van der Waals surface area contributed by atoms with Crippen molar-refractivity contribution in [2.24, 2.45) is 0 Å². The van der Waals surface area contributed by atoms with Crippen LogP contribution in [-0.2, 0) is 19.4 Å². The summed E-state index contributed by atoms with van der Waals surface area (Å²) >= 11 is 5.50. The molecule has 2 nitrogen and oxygen atoms in total. The first kappa shape index (κ1) is 16.5. The van der Waals surface area contributed by atoms with Gasteiger partial charge in [-0.25, -0.2) is 0 Å². The van der Waals surface area contributed by atoms with Gasteiger partial charge in [0.15, 0.2) is 5.11 Å². The van der Waals surface area contributed by atoms with E-state index < -0.39 is 0 Å². The van der Waals surface area contributed by atoms with Crippen LogP contribution in [0.15, 0.2) is 48.5 Å². The van der Waals surface area contributed by atoms with Crippen molar-refractivity contribution in [2.75, 3.05) is 12.4 Å². The fourth-order valence-corrected chi connectivity index (χ4v) is 2.50. The molecule has 2 rings (SSSR count). The minimum atomic E-state index is 0.743. The molecule has 2 aromatic rings. The maximum absolute atomic E-state index is 5.50. The Hall–Kier alpha value is -1.87. The number of aryl methyl sites for hydroxylation is 2. The van der Waals surface area contributed by atoms with Crippen LogP contribution in [0.2, 0.25) is 0 Å². The van der Waals surface area contributed by atoms with Crippen LogP contribution in [0.3, 0.4) is 0 Å². The largest absolute Gasteiger partial charge is 0.348 e. The summed E-state index contributed by atoms with van der Waals surface area (Å²) in [7, 11) is 2.02. The Labute approximate surface area is 139 Å². The summed E-state index contributed by atoms with van der Waals surface area (Å²) in [6.45, 7) is 5.14. The lowest BCUT2D eigenvalue weighted by Gasteiger charge is -2.21. The van der Waals surface area contributed by atoms with Gasteiger partial charge in [-0.05, 0) is 53.9 Å². The van der Waals surface area contributed by atoms with Crippen LogP contribution < -0.4 is 5.32 Å². The Balaban J connectivity index is 1.96. The van der Waals surface area contributed by atoms with E-state index >= 15 is 0 Å². The molecule has 116 valence electrons.